The fourth-order valence-electron chi connectivity index (χ4n) is 2.37. The van der Waals surface area contributed by atoms with Crippen molar-refractivity contribution in [1.82, 2.24) is 10.3 Å². The second-order valence-electron chi connectivity index (χ2n) is 4.81. The number of nitrogens with one attached hydrogen (secondary N) is 1. The Bertz CT molecular complexity index is 388. The van der Waals surface area contributed by atoms with E-state index in [0.29, 0.717) is 6.61 Å². The zero-order chi connectivity index (χ0) is 13.2. The van der Waals surface area contributed by atoms with Crippen LogP contribution in [0.2, 0.25) is 0 Å². The highest BCUT2D eigenvalue weighted by Gasteiger charge is 2.45. The smallest absolute Gasteiger partial charge is 0.116 e. The molecule has 1 fully saturated rings. The van der Waals surface area contributed by atoms with Gasteiger partial charge in [0, 0.05) is 25.1 Å². The molecule has 0 amide bonds. The summed E-state index contributed by atoms with van der Waals surface area (Å²) in [7, 11) is 1.72. The Morgan fingerprint density at radius 2 is 2.33 bits per heavy atom. The number of hydrogen-bond donors (Lipinski definition) is 1. The van der Waals surface area contributed by atoms with Crippen molar-refractivity contribution >= 4 is 11.3 Å². The standard InChI is InChI=1S/C13H22N2O2S/c1-9-10(2)18-12(15-9)13(14-6-8-16-4)5-7-17-11(13)3/h11,14H,5-8H2,1-4H3. The minimum Gasteiger partial charge on any atom is -0.383 e. The number of ether oxygens (including phenoxy) is 2. The number of thiazole rings is 1. The maximum atomic E-state index is 5.77. The molecule has 2 rings (SSSR count). The Morgan fingerprint density at radius 3 is 2.83 bits per heavy atom. The molecule has 2 heterocycles. The average molecular weight is 270 g/mol. The summed E-state index contributed by atoms with van der Waals surface area (Å²) in [6.07, 6.45) is 1.13. The molecule has 1 aliphatic rings. The summed E-state index contributed by atoms with van der Waals surface area (Å²) in [5, 5.41) is 4.75. The van der Waals surface area contributed by atoms with Crippen molar-refractivity contribution in [2.45, 2.75) is 38.8 Å². The largest absolute Gasteiger partial charge is 0.383 e. The molecular formula is C13H22N2O2S. The Balaban J connectivity index is 2.24. The van der Waals surface area contributed by atoms with Gasteiger partial charge in [0.15, 0.2) is 0 Å². The lowest BCUT2D eigenvalue weighted by Crippen LogP contribution is -2.48. The van der Waals surface area contributed by atoms with E-state index in [4.69, 9.17) is 14.5 Å². The van der Waals surface area contributed by atoms with Gasteiger partial charge in [-0.15, -0.1) is 11.3 Å². The fourth-order valence-corrected chi connectivity index (χ4v) is 3.56. The van der Waals surface area contributed by atoms with E-state index in [2.05, 4.69) is 26.1 Å². The summed E-state index contributed by atoms with van der Waals surface area (Å²) >= 11 is 1.78. The fraction of sp³-hybridized carbons (Fsp3) is 0.769. The summed E-state index contributed by atoms with van der Waals surface area (Å²) in [6.45, 7) is 8.63. The number of methoxy groups -OCH3 is 1. The van der Waals surface area contributed by atoms with Gasteiger partial charge < -0.3 is 14.8 Å². The summed E-state index contributed by atoms with van der Waals surface area (Å²) in [6, 6.07) is 0. The van der Waals surface area contributed by atoms with E-state index in [-0.39, 0.29) is 11.6 Å². The number of rotatable bonds is 5. The predicted molar refractivity (Wildman–Crippen MR) is 73.2 cm³/mol. The Kier molecular flexibility index (Phi) is 4.37. The Labute approximate surface area is 113 Å². The first-order chi connectivity index (χ1) is 8.60. The molecule has 1 aliphatic heterocycles. The van der Waals surface area contributed by atoms with Gasteiger partial charge in [0.2, 0.25) is 0 Å². The van der Waals surface area contributed by atoms with Crippen LogP contribution in [-0.2, 0) is 15.0 Å². The highest BCUT2D eigenvalue weighted by atomic mass is 32.1. The Morgan fingerprint density at radius 1 is 1.56 bits per heavy atom. The predicted octanol–water partition coefficient (Wildman–Crippen LogP) is 2.00. The first-order valence-electron chi connectivity index (χ1n) is 6.40. The minimum atomic E-state index is -0.137. The highest BCUT2D eigenvalue weighted by molar-refractivity contribution is 7.11. The monoisotopic (exact) mass is 270 g/mol. The van der Waals surface area contributed by atoms with Crippen molar-refractivity contribution in [3.8, 4) is 0 Å². The lowest BCUT2D eigenvalue weighted by Gasteiger charge is -2.31. The van der Waals surface area contributed by atoms with Crippen LogP contribution in [-0.4, -0.2) is 38.0 Å². The molecule has 1 N–H and O–H groups in total. The van der Waals surface area contributed by atoms with Crippen LogP contribution in [0.15, 0.2) is 0 Å². The maximum Gasteiger partial charge on any atom is 0.116 e. The lowest BCUT2D eigenvalue weighted by molar-refractivity contribution is 0.0776. The van der Waals surface area contributed by atoms with E-state index in [9.17, 15) is 0 Å². The van der Waals surface area contributed by atoms with Crippen LogP contribution in [0.25, 0.3) is 0 Å². The van der Waals surface area contributed by atoms with Gasteiger partial charge in [-0.2, -0.15) is 0 Å². The third kappa shape index (κ3) is 2.45. The SMILES string of the molecule is COCCNC1(c2nc(C)c(C)s2)CCOC1C. The van der Waals surface area contributed by atoms with Gasteiger partial charge in [0.05, 0.1) is 23.9 Å². The second-order valence-corrected chi connectivity index (χ2v) is 6.02. The topological polar surface area (TPSA) is 43.4 Å². The van der Waals surface area contributed by atoms with Gasteiger partial charge in [-0.3, -0.25) is 0 Å². The second kappa shape index (κ2) is 5.65. The van der Waals surface area contributed by atoms with Crippen molar-refractivity contribution in [3.05, 3.63) is 15.6 Å². The zero-order valence-corrected chi connectivity index (χ0v) is 12.4. The maximum absolute atomic E-state index is 5.77. The molecule has 0 aromatic carbocycles. The quantitative estimate of drug-likeness (QED) is 0.831. The van der Waals surface area contributed by atoms with Crippen LogP contribution < -0.4 is 5.32 Å². The number of aryl methyl sites for hydroxylation is 2. The first kappa shape index (κ1) is 13.9. The molecule has 102 valence electrons. The molecule has 0 bridgehead atoms. The highest BCUT2D eigenvalue weighted by Crippen LogP contribution is 2.38. The van der Waals surface area contributed by atoms with Crippen LogP contribution in [0.5, 0.6) is 0 Å². The van der Waals surface area contributed by atoms with Gasteiger partial charge in [0.1, 0.15) is 5.01 Å². The van der Waals surface area contributed by atoms with Crippen LogP contribution >= 0.6 is 11.3 Å². The summed E-state index contributed by atoms with van der Waals surface area (Å²) in [4.78, 5) is 6.02. The van der Waals surface area contributed by atoms with E-state index in [1.54, 1.807) is 18.4 Å². The molecule has 1 aromatic heterocycles. The van der Waals surface area contributed by atoms with E-state index in [0.717, 1.165) is 30.3 Å². The summed E-state index contributed by atoms with van der Waals surface area (Å²) < 4.78 is 10.9. The minimum absolute atomic E-state index is 0.137. The van der Waals surface area contributed by atoms with E-state index in [1.165, 1.54) is 4.88 Å². The first-order valence-corrected chi connectivity index (χ1v) is 7.22. The third-order valence-corrected chi connectivity index (χ3v) is 4.97. The van der Waals surface area contributed by atoms with Crippen molar-refractivity contribution in [3.63, 3.8) is 0 Å². The van der Waals surface area contributed by atoms with Crippen LogP contribution in [0.4, 0.5) is 0 Å². The van der Waals surface area contributed by atoms with Gasteiger partial charge in [-0.25, -0.2) is 4.98 Å². The molecular weight excluding hydrogens is 248 g/mol. The summed E-state index contributed by atoms with van der Waals surface area (Å²) in [5.41, 5.74) is 0.990. The molecule has 1 saturated heterocycles. The van der Waals surface area contributed by atoms with Gasteiger partial charge in [-0.1, -0.05) is 0 Å². The van der Waals surface area contributed by atoms with Crippen LogP contribution in [0.1, 0.15) is 28.9 Å². The molecule has 5 heteroatoms. The van der Waals surface area contributed by atoms with E-state index in [1.807, 2.05) is 0 Å². The third-order valence-electron chi connectivity index (χ3n) is 3.72. The molecule has 2 atom stereocenters. The van der Waals surface area contributed by atoms with Gasteiger partial charge in [-0.05, 0) is 27.2 Å². The number of aromatic nitrogens is 1. The summed E-state index contributed by atoms with van der Waals surface area (Å²) in [5.74, 6) is 0. The Hall–Kier alpha value is -0.490. The molecule has 2 unspecified atom stereocenters. The van der Waals surface area contributed by atoms with Crippen molar-refractivity contribution < 1.29 is 9.47 Å². The van der Waals surface area contributed by atoms with Crippen LogP contribution in [0, 0.1) is 13.8 Å². The lowest BCUT2D eigenvalue weighted by atomic mass is 9.92. The normalized spacial score (nSPS) is 27.9. The van der Waals surface area contributed by atoms with Crippen molar-refractivity contribution in [2.24, 2.45) is 0 Å². The molecule has 0 spiro atoms. The number of hydrogen-bond acceptors (Lipinski definition) is 5. The number of nitrogens with zero attached hydrogens (tertiary/aromatic N) is 1. The zero-order valence-electron chi connectivity index (χ0n) is 11.6. The van der Waals surface area contributed by atoms with E-state index >= 15 is 0 Å². The molecule has 0 saturated carbocycles. The average Bonchev–Trinajstić information content (AvgIpc) is 2.86. The van der Waals surface area contributed by atoms with Gasteiger partial charge >= 0.3 is 0 Å². The van der Waals surface area contributed by atoms with Gasteiger partial charge in [0.25, 0.3) is 0 Å². The molecule has 4 nitrogen and oxygen atoms in total. The van der Waals surface area contributed by atoms with Crippen LogP contribution in [0.3, 0.4) is 0 Å². The van der Waals surface area contributed by atoms with Crippen molar-refractivity contribution in [1.29, 1.82) is 0 Å². The van der Waals surface area contributed by atoms with Crippen molar-refractivity contribution in [2.75, 3.05) is 26.9 Å². The molecule has 18 heavy (non-hydrogen) atoms. The van der Waals surface area contributed by atoms with E-state index < -0.39 is 0 Å². The molecule has 1 aromatic rings. The molecule has 0 aliphatic carbocycles. The molecule has 0 radical (unpaired) electrons.